The van der Waals surface area contributed by atoms with E-state index >= 15 is 0 Å². The third kappa shape index (κ3) is 1.45. The summed E-state index contributed by atoms with van der Waals surface area (Å²) in [7, 11) is 0. The third-order valence-electron chi connectivity index (χ3n) is 2.91. The number of hydrogen-bond acceptors (Lipinski definition) is 3. The second kappa shape index (κ2) is 3.46. The van der Waals surface area contributed by atoms with Crippen LogP contribution in [0.5, 0.6) is 0 Å². The molecule has 0 aliphatic heterocycles. The van der Waals surface area contributed by atoms with Crippen molar-refractivity contribution in [1.82, 2.24) is 9.55 Å². The quantitative estimate of drug-likeness (QED) is 0.732. The first-order valence-electron chi connectivity index (χ1n) is 5.38. The number of aliphatic hydroxyl groups is 1. The van der Waals surface area contributed by atoms with Crippen LogP contribution in [0, 0.1) is 0 Å². The summed E-state index contributed by atoms with van der Waals surface area (Å²) in [5, 5.41) is 10.6. The Morgan fingerprint density at radius 2 is 2.06 bits per heavy atom. The molecule has 0 fully saturated rings. The number of nitrogens with zero attached hydrogens (tertiary/aromatic N) is 2. The number of furan rings is 1. The molecule has 1 N–H and O–H groups in total. The first-order valence-corrected chi connectivity index (χ1v) is 5.38. The molecule has 0 aliphatic rings. The van der Waals surface area contributed by atoms with Gasteiger partial charge >= 0.3 is 0 Å². The van der Waals surface area contributed by atoms with Crippen LogP contribution in [0.2, 0.25) is 0 Å². The topological polar surface area (TPSA) is 51.2 Å². The maximum Gasteiger partial charge on any atom is 0.199 e. The number of benzene rings is 1. The Hall–Kier alpha value is -2.07. The fraction of sp³-hybridized carbons (Fsp3) is 0.154. The SMILES string of the molecule is CC(O)(c1ccco1)n1cnc2ccccc21. The van der Waals surface area contributed by atoms with Crippen LogP contribution in [-0.2, 0) is 5.72 Å². The van der Waals surface area contributed by atoms with E-state index < -0.39 is 5.72 Å². The summed E-state index contributed by atoms with van der Waals surface area (Å²) in [6, 6.07) is 11.2. The molecule has 0 bridgehead atoms. The smallest absolute Gasteiger partial charge is 0.199 e. The Morgan fingerprint density at radius 3 is 2.82 bits per heavy atom. The molecule has 2 heterocycles. The Kier molecular flexibility index (Phi) is 2.06. The van der Waals surface area contributed by atoms with Crippen molar-refractivity contribution in [3.05, 3.63) is 54.7 Å². The van der Waals surface area contributed by atoms with E-state index in [9.17, 15) is 5.11 Å². The molecule has 3 aromatic rings. The maximum absolute atomic E-state index is 10.6. The summed E-state index contributed by atoms with van der Waals surface area (Å²) in [6.07, 6.45) is 3.16. The highest BCUT2D eigenvalue weighted by Crippen LogP contribution is 2.27. The summed E-state index contributed by atoms with van der Waals surface area (Å²) < 4.78 is 6.97. The van der Waals surface area contributed by atoms with Gasteiger partial charge in [-0.05, 0) is 31.2 Å². The Balaban J connectivity index is 2.22. The average Bonchev–Trinajstić information content (AvgIpc) is 2.99. The van der Waals surface area contributed by atoms with E-state index in [1.165, 1.54) is 0 Å². The monoisotopic (exact) mass is 228 g/mol. The van der Waals surface area contributed by atoms with Gasteiger partial charge in [0, 0.05) is 0 Å². The highest BCUT2D eigenvalue weighted by molar-refractivity contribution is 5.75. The van der Waals surface area contributed by atoms with Gasteiger partial charge in [-0.25, -0.2) is 4.98 Å². The molecule has 4 nitrogen and oxygen atoms in total. The minimum Gasteiger partial charge on any atom is -0.464 e. The van der Waals surface area contributed by atoms with E-state index in [4.69, 9.17) is 4.42 Å². The fourth-order valence-electron chi connectivity index (χ4n) is 1.97. The van der Waals surface area contributed by atoms with Gasteiger partial charge in [0.15, 0.2) is 11.5 Å². The number of imidazole rings is 1. The molecular weight excluding hydrogens is 216 g/mol. The first-order chi connectivity index (χ1) is 8.19. The summed E-state index contributed by atoms with van der Waals surface area (Å²) in [5.41, 5.74) is 0.479. The highest BCUT2D eigenvalue weighted by atomic mass is 16.4. The Labute approximate surface area is 98.1 Å². The van der Waals surface area contributed by atoms with Crippen molar-refractivity contribution in [3.63, 3.8) is 0 Å². The van der Waals surface area contributed by atoms with Crippen LogP contribution >= 0.6 is 0 Å². The molecule has 0 saturated carbocycles. The average molecular weight is 228 g/mol. The lowest BCUT2D eigenvalue weighted by Gasteiger charge is -2.23. The standard InChI is InChI=1S/C13H12N2O2/c1-13(16,12-7-4-8-17-12)15-9-14-10-5-2-3-6-11(10)15/h2-9,16H,1H3. The lowest BCUT2D eigenvalue weighted by molar-refractivity contribution is 0.00763. The Bertz CT molecular complexity index is 638. The number of para-hydroxylation sites is 2. The molecule has 1 unspecified atom stereocenters. The molecule has 0 radical (unpaired) electrons. The molecule has 0 aliphatic carbocycles. The zero-order valence-electron chi connectivity index (χ0n) is 9.37. The molecule has 1 aromatic carbocycles. The highest BCUT2D eigenvalue weighted by Gasteiger charge is 2.29. The van der Waals surface area contributed by atoms with Crippen LogP contribution < -0.4 is 0 Å². The molecule has 2 aromatic heterocycles. The number of rotatable bonds is 2. The van der Waals surface area contributed by atoms with E-state index in [-0.39, 0.29) is 0 Å². The summed E-state index contributed by atoms with van der Waals surface area (Å²) in [5.74, 6) is 0.487. The number of hydrogen-bond donors (Lipinski definition) is 1. The normalized spacial score (nSPS) is 14.9. The molecule has 1 atom stereocenters. The minimum absolute atomic E-state index is 0.487. The molecule has 17 heavy (non-hydrogen) atoms. The van der Waals surface area contributed by atoms with E-state index in [0.717, 1.165) is 11.0 Å². The van der Waals surface area contributed by atoms with Crippen LogP contribution in [-0.4, -0.2) is 14.7 Å². The maximum atomic E-state index is 10.6. The van der Waals surface area contributed by atoms with Crippen LogP contribution in [0.4, 0.5) is 0 Å². The summed E-state index contributed by atoms with van der Waals surface area (Å²) in [4.78, 5) is 4.26. The van der Waals surface area contributed by atoms with Crippen molar-refractivity contribution >= 4 is 11.0 Å². The largest absolute Gasteiger partial charge is 0.464 e. The second-order valence-corrected chi connectivity index (χ2v) is 4.10. The zero-order chi connectivity index (χ0) is 11.9. The zero-order valence-corrected chi connectivity index (χ0v) is 9.37. The van der Waals surface area contributed by atoms with Gasteiger partial charge in [-0.2, -0.15) is 0 Å². The van der Waals surface area contributed by atoms with Crippen molar-refractivity contribution < 1.29 is 9.52 Å². The van der Waals surface area contributed by atoms with E-state index in [0.29, 0.717) is 5.76 Å². The van der Waals surface area contributed by atoms with Crippen molar-refractivity contribution in [2.24, 2.45) is 0 Å². The molecule has 4 heteroatoms. The predicted octanol–water partition coefficient (Wildman–Crippen LogP) is 2.34. The van der Waals surface area contributed by atoms with Crippen molar-refractivity contribution in [3.8, 4) is 0 Å². The molecule has 0 saturated heterocycles. The van der Waals surface area contributed by atoms with Gasteiger partial charge in [-0.3, -0.25) is 4.57 Å². The predicted molar refractivity (Wildman–Crippen MR) is 63.4 cm³/mol. The minimum atomic E-state index is -1.24. The molecular formula is C13H12N2O2. The molecule has 0 spiro atoms. The second-order valence-electron chi connectivity index (χ2n) is 4.10. The fourth-order valence-corrected chi connectivity index (χ4v) is 1.97. The summed E-state index contributed by atoms with van der Waals surface area (Å²) >= 11 is 0. The van der Waals surface area contributed by atoms with Crippen LogP contribution in [0.3, 0.4) is 0 Å². The van der Waals surface area contributed by atoms with E-state index in [1.807, 2.05) is 24.3 Å². The van der Waals surface area contributed by atoms with Gasteiger partial charge in [-0.15, -0.1) is 0 Å². The van der Waals surface area contributed by atoms with Crippen LogP contribution in [0.1, 0.15) is 12.7 Å². The lowest BCUT2D eigenvalue weighted by atomic mass is 10.2. The number of aromatic nitrogens is 2. The first kappa shape index (κ1) is 10.1. The number of fused-ring (bicyclic) bond motifs is 1. The van der Waals surface area contributed by atoms with Gasteiger partial charge in [-0.1, -0.05) is 12.1 Å². The van der Waals surface area contributed by atoms with Gasteiger partial charge in [0.25, 0.3) is 0 Å². The molecule has 0 amide bonds. The molecule has 3 rings (SSSR count). The van der Waals surface area contributed by atoms with Crippen molar-refractivity contribution in [2.75, 3.05) is 0 Å². The van der Waals surface area contributed by atoms with E-state index in [1.54, 1.807) is 36.2 Å². The van der Waals surface area contributed by atoms with Gasteiger partial charge in [0.05, 0.1) is 23.6 Å². The van der Waals surface area contributed by atoms with Crippen molar-refractivity contribution in [2.45, 2.75) is 12.6 Å². The summed E-state index contributed by atoms with van der Waals surface area (Å²) in [6.45, 7) is 1.68. The van der Waals surface area contributed by atoms with E-state index in [2.05, 4.69) is 4.98 Å². The van der Waals surface area contributed by atoms with Crippen LogP contribution in [0.15, 0.2) is 53.4 Å². The molecule has 86 valence electrons. The van der Waals surface area contributed by atoms with Gasteiger partial charge in [0.2, 0.25) is 0 Å². The van der Waals surface area contributed by atoms with Gasteiger partial charge in [0.1, 0.15) is 0 Å². The lowest BCUT2D eigenvalue weighted by Crippen LogP contribution is -2.29. The van der Waals surface area contributed by atoms with Gasteiger partial charge < -0.3 is 9.52 Å². The van der Waals surface area contributed by atoms with Crippen LogP contribution in [0.25, 0.3) is 11.0 Å². The third-order valence-corrected chi connectivity index (χ3v) is 2.91. The van der Waals surface area contributed by atoms with Crippen molar-refractivity contribution in [1.29, 1.82) is 0 Å². The Morgan fingerprint density at radius 1 is 1.24 bits per heavy atom.